The van der Waals surface area contributed by atoms with Crippen molar-refractivity contribution in [2.75, 3.05) is 26.2 Å². The van der Waals surface area contributed by atoms with Crippen LogP contribution in [0.15, 0.2) is 24.3 Å². The molecule has 0 aromatic heterocycles. The average Bonchev–Trinajstić information content (AvgIpc) is 2.46. The molecule has 1 saturated heterocycles. The van der Waals surface area contributed by atoms with Crippen molar-refractivity contribution in [2.24, 2.45) is 5.92 Å². The molecule has 5 heteroatoms. The number of carbonyl (C=O) groups is 2. The van der Waals surface area contributed by atoms with Crippen LogP contribution in [0.1, 0.15) is 36.4 Å². The Labute approximate surface area is 136 Å². The molecule has 1 saturated carbocycles. The second-order valence-electron chi connectivity index (χ2n) is 6.64. The molecular weight excluding hydrogens is 292 g/mol. The molecule has 1 aliphatic carbocycles. The summed E-state index contributed by atoms with van der Waals surface area (Å²) in [5.41, 5.74) is 1.88. The Balaban J connectivity index is 1.66. The van der Waals surface area contributed by atoms with E-state index in [4.69, 9.17) is 0 Å². The van der Waals surface area contributed by atoms with Gasteiger partial charge < -0.3 is 10.0 Å². The fourth-order valence-corrected chi connectivity index (χ4v) is 3.46. The third kappa shape index (κ3) is 3.39. The molecular formula is C18H24N2O3. The van der Waals surface area contributed by atoms with Crippen molar-refractivity contribution in [1.29, 1.82) is 0 Å². The molecule has 1 aliphatic heterocycles. The van der Waals surface area contributed by atoms with Gasteiger partial charge in [-0.2, -0.15) is 0 Å². The molecule has 1 atom stereocenters. The highest BCUT2D eigenvalue weighted by Gasteiger charge is 2.34. The van der Waals surface area contributed by atoms with E-state index >= 15 is 0 Å². The number of carboxylic acid groups (broad SMARTS) is 1. The highest BCUT2D eigenvalue weighted by atomic mass is 16.4. The van der Waals surface area contributed by atoms with Gasteiger partial charge in [0.15, 0.2) is 0 Å². The summed E-state index contributed by atoms with van der Waals surface area (Å²) < 4.78 is 0. The van der Waals surface area contributed by atoms with Crippen molar-refractivity contribution < 1.29 is 14.7 Å². The molecule has 2 aliphatic rings. The first-order chi connectivity index (χ1) is 11.1. The zero-order valence-corrected chi connectivity index (χ0v) is 13.6. The van der Waals surface area contributed by atoms with Gasteiger partial charge in [-0.15, -0.1) is 0 Å². The summed E-state index contributed by atoms with van der Waals surface area (Å²) in [5.74, 6) is -0.346. The van der Waals surface area contributed by atoms with Crippen LogP contribution in [0.5, 0.6) is 0 Å². The first-order valence-corrected chi connectivity index (χ1v) is 8.38. The maximum atomic E-state index is 12.3. The van der Waals surface area contributed by atoms with E-state index in [2.05, 4.69) is 0 Å². The van der Waals surface area contributed by atoms with Crippen LogP contribution in [-0.2, 0) is 9.59 Å². The molecule has 1 unspecified atom stereocenters. The van der Waals surface area contributed by atoms with E-state index in [9.17, 15) is 14.7 Å². The van der Waals surface area contributed by atoms with Crippen LogP contribution in [0.3, 0.4) is 0 Å². The smallest absolute Gasteiger partial charge is 0.325 e. The van der Waals surface area contributed by atoms with Crippen molar-refractivity contribution >= 4 is 11.9 Å². The first kappa shape index (κ1) is 16.0. The minimum atomic E-state index is -0.825. The van der Waals surface area contributed by atoms with Crippen molar-refractivity contribution in [2.45, 2.75) is 32.2 Å². The summed E-state index contributed by atoms with van der Waals surface area (Å²) in [6.45, 7) is 4.46. The fraction of sp³-hybridized carbons (Fsp3) is 0.556. The summed E-state index contributed by atoms with van der Waals surface area (Å²) in [5, 5.41) is 9.66. The van der Waals surface area contributed by atoms with Gasteiger partial charge >= 0.3 is 5.97 Å². The predicted octanol–water partition coefficient (Wildman–Crippen LogP) is 2.07. The van der Waals surface area contributed by atoms with Crippen LogP contribution >= 0.6 is 0 Å². The number of piperazine rings is 1. The Hall–Kier alpha value is -1.88. The third-order valence-corrected chi connectivity index (χ3v) is 5.04. The number of benzene rings is 1. The van der Waals surface area contributed by atoms with E-state index in [0.29, 0.717) is 26.2 Å². The van der Waals surface area contributed by atoms with E-state index < -0.39 is 12.0 Å². The van der Waals surface area contributed by atoms with Gasteiger partial charge in [0, 0.05) is 32.1 Å². The van der Waals surface area contributed by atoms with Gasteiger partial charge in [-0.1, -0.05) is 36.2 Å². The zero-order valence-electron chi connectivity index (χ0n) is 13.6. The lowest BCUT2D eigenvalue weighted by molar-refractivity contribution is -0.146. The quantitative estimate of drug-likeness (QED) is 0.924. The third-order valence-electron chi connectivity index (χ3n) is 5.04. The number of aliphatic carboxylic acids is 1. The van der Waals surface area contributed by atoms with E-state index in [1.54, 1.807) is 0 Å². The summed E-state index contributed by atoms with van der Waals surface area (Å²) in [4.78, 5) is 27.9. The molecule has 1 amide bonds. The van der Waals surface area contributed by atoms with Crippen LogP contribution in [0, 0.1) is 12.8 Å². The molecule has 1 heterocycles. The number of hydrogen-bond donors (Lipinski definition) is 1. The molecule has 23 heavy (non-hydrogen) atoms. The lowest BCUT2D eigenvalue weighted by atomic mass is 9.84. The number of carboxylic acids is 1. The van der Waals surface area contributed by atoms with E-state index in [0.717, 1.165) is 30.4 Å². The Kier molecular flexibility index (Phi) is 4.66. The zero-order chi connectivity index (χ0) is 16.4. The van der Waals surface area contributed by atoms with Crippen LogP contribution in [0.25, 0.3) is 0 Å². The highest BCUT2D eigenvalue weighted by Crippen LogP contribution is 2.29. The predicted molar refractivity (Wildman–Crippen MR) is 87.0 cm³/mol. The van der Waals surface area contributed by atoms with Crippen LogP contribution in [0.2, 0.25) is 0 Å². The molecule has 2 fully saturated rings. The summed E-state index contributed by atoms with van der Waals surface area (Å²) >= 11 is 0. The van der Waals surface area contributed by atoms with Crippen molar-refractivity contribution in [1.82, 2.24) is 9.80 Å². The number of aryl methyl sites for hydroxylation is 1. The molecule has 0 radical (unpaired) electrons. The van der Waals surface area contributed by atoms with Gasteiger partial charge in [0.05, 0.1) is 0 Å². The number of hydrogen-bond acceptors (Lipinski definition) is 3. The Morgan fingerprint density at radius 1 is 1.17 bits per heavy atom. The summed E-state index contributed by atoms with van der Waals surface area (Å²) in [6, 6.07) is 7.05. The van der Waals surface area contributed by atoms with Crippen molar-refractivity contribution in [3.05, 3.63) is 35.4 Å². The van der Waals surface area contributed by atoms with E-state index in [1.807, 2.05) is 41.0 Å². The Morgan fingerprint density at radius 2 is 1.87 bits per heavy atom. The normalized spacial score (nSPS) is 20.8. The lowest BCUT2D eigenvalue weighted by Gasteiger charge is -2.40. The van der Waals surface area contributed by atoms with Crippen molar-refractivity contribution in [3.63, 3.8) is 0 Å². The SMILES string of the molecule is Cc1cccc(C(C(=O)O)N2CCN(C(=O)C3CCC3)CC2)c1. The van der Waals surface area contributed by atoms with Crippen LogP contribution in [0.4, 0.5) is 0 Å². The van der Waals surface area contributed by atoms with Gasteiger partial charge in [-0.25, -0.2) is 0 Å². The standard InChI is InChI=1S/C18H24N2O3/c1-13-4-2-7-15(12-13)16(18(22)23)19-8-10-20(11-9-19)17(21)14-5-3-6-14/h2,4,7,12,14,16H,3,5-6,8-11H2,1H3,(H,22,23). The first-order valence-electron chi connectivity index (χ1n) is 8.38. The largest absolute Gasteiger partial charge is 0.480 e. The summed E-state index contributed by atoms with van der Waals surface area (Å²) in [7, 11) is 0. The second kappa shape index (κ2) is 6.71. The molecule has 124 valence electrons. The lowest BCUT2D eigenvalue weighted by Crippen LogP contribution is -2.52. The van der Waals surface area contributed by atoms with Gasteiger partial charge in [-0.3, -0.25) is 14.5 Å². The van der Waals surface area contributed by atoms with Gasteiger partial charge in [0.1, 0.15) is 6.04 Å². The molecule has 3 rings (SSSR count). The minimum Gasteiger partial charge on any atom is -0.480 e. The Morgan fingerprint density at radius 3 is 2.39 bits per heavy atom. The van der Waals surface area contributed by atoms with Gasteiger partial charge in [0.2, 0.25) is 5.91 Å². The summed E-state index contributed by atoms with van der Waals surface area (Å²) in [6.07, 6.45) is 3.19. The average molecular weight is 316 g/mol. The number of nitrogens with zero attached hydrogens (tertiary/aromatic N) is 2. The van der Waals surface area contributed by atoms with Crippen LogP contribution < -0.4 is 0 Å². The molecule has 1 aromatic carbocycles. The highest BCUT2D eigenvalue weighted by molar-refractivity contribution is 5.80. The fourth-order valence-electron chi connectivity index (χ4n) is 3.46. The molecule has 1 aromatic rings. The monoisotopic (exact) mass is 316 g/mol. The van der Waals surface area contributed by atoms with Gasteiger partial charge in [-0.05, 0) is 25.3 Å². The van der Waals surface area contributed by atoms with E-state index in [1.165, 1.54) is 0 Å². The second-order valence-corrected chi connectivity index (χ2v) is 6.64. The van der Waals surface area contributed by atoms with Crippen LogP contribution in [-0.4, -0.2) is 53.0 Å². The minimum absolute atomic E-state index is 0.216. The Bertz CT molecular complexity index is 590. The molecule has 0 bridgehead atoms. The molecule has 5 nitrogen and oxygen atoms in total. The van der Waals surface area contributed by atoms with Gasteiger partial charge in [0.25, 0.3) is 0 Å². The maximum absolute atomic E-state index is 12.3. The maximum Gasteiger partial charge on any atom is 0.325 e. The van der Waals surface area contributed by atoms with E-state index in [-0.39, 0.29) is 11.8 Å². The van der Waals surface area contributed by atoms with Crippen molar-refractivity contribution in [3.8, 4) is 0 Å². The molecule has 1 N–H and O–H groups in total. The molecule has 0 spiro atoms. The number of amides is 1. The topological polar surface area (TPSA) is 60.9 Å². The number of carbonyl (C=O) groups excluding carboxylic acids is 1. The number of rotatable bonds is 4.